The fourth-order valence-corrected chi connectivity index (χ4v) is 1.22. The molecule has 3 N–H and O–H groups in total. The lowest BCUT2D eigenvalue weighted by atomic mass is 9.83. The summed E-state index contributed by atoms with van der Waals surface area (Å²) in [4.78, 5) is 0. The molecule has 0 saturated carbocycles. The maximum Gasteiger partial charge on any atom is 0.119 e. The predicted octanol–water partition coefficient (Wildman–Crippen LogP) is 1.58. The number of phenols is 1. The Morgan fingerprint density at radius 2 is 2.08 bits per heavy atom. The third kappa shape index (κ3) is 1.80. The Balaban J connectivity index is 3.12. The quantitative estimate of drug-likeness (QED) is 0.747. The number of para-hydroxylation sites is 1. The van der Waals surface area contributed by atoms with Gasteiger partial charge in [0.2, 0.25) is 0 Å². The first-order valence-corrected chi connectivity index (χ1v) is 4.18. The van der Waals surface area contributed by atoms with Gasteiger partial charge in [0, 0.05) is 17.5 Å². The topological polar surface area (TPSA) is 46.2 Å². The van der Waals surface area contributed by atoms with E-state index in [4.69, 9.17) is 5.73 Å². The van der Waals surface area contributed by atoms with Crippen molar-refractivity contribution in [2.24, 2.45) is 5.73 Å². The van der Waals surface area contributed by atoms with Crippen LogP contribution in [0.5, 0.6) is 5.75 Å². The van der Waals surface area contributed by atoms with Crippen molar-refractivity contribution >= 4 is 0 Å². The minimum absolute atomic E-state index is 0.105. The molecule has 13 heavy (non-hydrogen) atoms. The first-order chi connectivity index (χ1) is 6.14. The maximum atomic E-state index is 12.7. The van der Waals surface area contributed by atoms with Crippen LogP contribution in [0.1, 0.15) is 12.5 Å². The second-order valence-electron chi connectivity index (χ2n) is 3.42. The fraction of sp³-hybridized carbons (Fsp3) is 0.400. The van der Waals surface area contributed by atoms with Gasteiger partial charge in [-0.25, -0.2) is 0 Å². The molecule has 0 radical (unpaired) electrons. The fourth-order valence-electron chi connectivity index (χ4n) is 1.22. The van der Waals surface area contributed by atoms with Crippen LogP contribution < -0.4 is 5.73 Å². The van der Waals surface area contributed by atoms with Crippen molar-refractivity contribution in [3.63, 3.8) is 0 Å². The monoisotopic (exact) mass is 183 g/mol. The molecule has 0 aliphatic rings. The molecule has 0 saturated heterocycles. The van der Waals surface area contributed by atoms with Crippen LogP contribution in [-0.2, 0) is 5.41 Å². The summed E-state index contributed by atoms with van der Waals surface area (Å²) in [6.07, 6.45) is 0. The average Bonchev–Trinajstić information content (AvgIpc) is 2.17. The Labute approximate surface area is 77.2 Å². The molecule has 1 aromatic carbocycles. The molecule has 0 bridgehead atoms. The van der Waals surface area contributed by atoms with E-state index in [9.17, 15) is 9.50 Å². The van der Waals surface area contributed by atoms with Gasteiger partial charge in [-0.05, 0) is 6.07 Å². The van der Waals surface area contributed by atoms with Gasteiger partial charge in [-0.15, -0.1) is 0 Å². The molecule has 1 atom stereocenters. The summed E-state index contributed by atoms with van der Waals surface area (Å²) < 4.78 is 12.7. The van der Waals surface area contributed by atoms with Gasteiger partial charge in [0.05, 0.1) is 0 Å². The van der Waals surface area contributed by atoms with E-state index in [2.05, 4.69) is 0 Å². The third-order valence-corrected chi connectivity index (χ3v) is 2.30. The highest BCUT2D eigenvalue weighted by atomic mass is 19.1. The molecule has 1 rings (SSSR count). The molecule has 0 aromatic heterocycles. The van der Waals surface area contributed by atoms with Crippen molar-refractivity contribution in [3.05, 3.63) is 29.8 Å². The van der Waals surface area contributed by atoms with Gasteiger partial charge in [0.25, 0.3) is 0 Å². The number of alkyl halides is 1. The third-order valence-electron chi connectivity index (χ3n) is 2.30. The van der Waals surface area contributed by atoms with Crippen molar-refractivity contribution in [2.45, 2.75) is 12.3 Å². The molecule has 0 aliphatic heterocycles. The van der Waals surface area contributed by atoms with Crippen LogP contribution in [0.25, 0.3) is 0 Å². The van der Waals surface area contributed by atoms with Crippen LogP contribution in [0.3, 0.4) is 0 Å². The normalized spacial score (nSPS) is 15.3. The molecule has 72 valence electrons. The van der Waals surface area contributed by atoms with E-state index in [1.807, 2.05) is 0 Å². The molecular formula is C10H14FNO. The Morgan fingerprint density at radius 1 is 1.46 bits per heavy atom. The van der Waals surface area contributed by atoms with Crippen LogP contribution in [0.2, 0.25) is 0 Å². The van der Waals surface area contributed by atoms with E-state index in [0.29, 0.717) is 5.56 Å². The Bertz CT molecular complexity index is 284. The lowest BCUT2D eigenvalue weighted by Gasteiger charge is -2.25. The zero-order valence-corrected chi connectivity index (χ0v) is 7.63. The number of rotatable bonds is 3. The second-order valence-corrected chi connectivity index (χ2v) is 3.42. The molecule has 0 amide bonds. The molecular weight excluding hydrogens is 169 g/mol. The van der Waals surface area contributed by atoms with E-state index < -0.39 is 12.1 Å². The van der Waals surface area contributed by atoms with Crippen molar-refractivity contribution in [3.8, 4) is 5.75 Å². The summed E-state index contributed by atoms with van der Waals surface area (Å²) in [6.45, 7) is 1.31. The summed E-state index contributed by atoms with van der Waals surface area (Å²) in [5, 5.41) is 9.49. The van der Waals surface area contributed by atoms with E-state index in [-0.39, 0.29) is 12.3 Å². The minimum atomic E-state index is -0.772. The van der Waals surface area contributed by atoms with E-state index in [1.165, 1.54) is 0 Å². The highest BCUT2D eigenvalue weighted by molar-refractivity contribution is 5.38. The van der Waals surface area contributed by atoms with E-state index in [0.717, 1.165) is 0 Å². The average molecular weight is 183 g/mol. The number of hydrogen-bond donors (Lipinski definition) is 2. The summed E-state index contributed by atoms with van der Waals surface area (Å²) in [5.74, 6) is 0.105. The number of phenolic OH excluding ortho intramolecular Hbond substituents is 1. The molecule has 0 aliphatic carbocycles. The number of hydrogen-bond acceptors (Lipinski definition) is 2. The summed E-state index contributed by atoms with van der Waals surface area (Å²) in [6, 6.07) is 6.70. The molecule has 0 spiro atoms. The largest absolute Gasteiger partial charge is 0.508 e. The highest BCUT2D eigenvalue weighted by Crippen LogP contribution is 2.30. The van der Waals surface area contributed by atoms with Gasteiger partial charge in [-0.3, -0.25) is 4.39 Å². The van der Waals surface area contributed by atoms with Crippen LogP contribution in [0, 0.1) is 0 Å². The number of nitrogens with two attached hydrogens (primary N) is 1. The number of benzene rings is 1. The van der Waals surface area contributed by atoms with Crippen molar-refractivity contribution in [1.29, 1.82) is 0 Å². The molecule has 0 fully saturated rings. The Hall–Kier alpha value is -1.09. The molecule has 3 heteroatoms. The second kappa shape index (κ2) is 3.75. The van der Waals surface area contributed by atoms with Crippen molar-refractivity contribution in [1.82, 2.24) is 0 Å². The van der Waals surface area contributed by atoms with E-state index >= 15 is 0 Å². The zero-order chi connectivity index (χ0) is 9.90. The SMILES string of the molecule is CC(CN)(CF)c1ccccc1O. The Kier molecular flexibility index (Phi) is 2.88. The minimum Gasteiger partial charge on any atom is -0.508 e. The van der Waals surface area contributed by atoms with Gasteiger partial charge >= 0.3 is 0 Å². The van der Waals surface area contributed by atoms with Gasteiger partial charge in [-0.2, -0.15) is 0 Å². The lowest BCUT2D eigenvalue weighted by molar-refractivity contribution is 0.322. The highest BCUT2D eigenvalue weighted by Gasteiger charge is 2.27. The Morgan fingerprint density at radius 3 is 2.54 bits per heavy atom. The molecule has 0 heterocycles. The lowest BCUT2D eigenvalue weighted by Crippen LogP contribution is -2.34. The first kappa shape index (κ1) is 9.99. The summed E-state index contributed by atoms with van der Waals surface area (Å²) >= 11 is 0. The van der Waals surface area contributed by atoms with Crippen LogP contribution >= 0.6 is 0 Å². The number of halogens is 1. The zero-order valence-electron chi connectivity index (χ0n) is 7.63. The van der Waals surface area contributed by atoms with Crippen LogP contribution in [-0.4, -0.2) is 18.3 Å². The standard InChI is InChI=1S/C10H14FNO/c1-10(6-11,7-12)8-4-2-3-5-9(8)13/h2-5,13H,6-7,12H2,1H3. The summed E-state index contributed by atoms with van der Waals surface area (Å²) in [5.41, 5.74) is 5.26. The van der Waals surface area contributed by atoms with Gasteiger partial charge in [0.1, 0.15) is 12.4 Å². The summed E-state index contributed by atoms with van der Waals surface area (Å²) in [7, 11) is 0. The van der Waals surface area contributed by atoms with Crippen molar-refractivity contribution < 1.29 is 9.50 Å². The molecule has 1 aromatic rings. The first-order valence-electron chi connectivity index (χ1n) is 4.18. The van der Waals surface area contributed by atoms with Gasteiger partial charge < -0.3 is 10.8 Å². The number of aromatic hydroxyl groups is 1. The smallest absolute Gasteiger partial charge is 0.119 e. The predicted molar refractivity (Wildman–Crippen MR) is 50.5 cm³/mol. The van der Waals surface area contributed by atoms with Gasteiger partial charge in [-0.1, -0.05) is 25.1 Å². The van der Waals surface area contributed by atoms with Crippen LogP contribution in [0.4, 0.5) is 4.39 Å². The molecule has 1 unspecified atom stereocenters. The maximum absolute atomic E-state index is 12.7. The van der Waals surface area contributed by atoms with Gasteiger partial charge in [0.15, 0.2) is 0 Å². The van der Waals surface area contributed by atoms with E-state index in [1.54, 1.807) is 31.2 Å². The van der Waals surface area contributed by atoms with Crippen molar-refractivity contribution in [2.75, 3.05) is 13.2 Å². The van der Waals surface area contributed by atoms with Crippen LogP contribution in [0.15, 0.2) is 24.3 Å². The molecule has 2 nitrogen and oxygen atoms in total.